The van der Waals surface area contributed by atoms with E-state index in [1.165, 1.54) is 16.7 Å². The van der Waals surface area contributed by atoms with Gasteiger partial charge in [0.15, 0.2) is 0 Å². The summed E-state index contributed by atoms with van der Waals surface area (Å²) in [5.41, 5.74) is 14.2. The molecule has 0 unspecified atom stereocenters. The van der Waals surface area contributed by atoms with Gasteiger partial charge in [0.25, 0.3) is 0 Å². The molecule has 0 bridgehead atoms. The second-order valence-electron chi connectivity index (χ2n) is 21.6. The first kappa shape index (κ1) is 46.5. The number of aryl methyl sites for hydroxylation is 2. The fourth-order valence-corrected chi connectivity index (χ4v) is 10.0. The van der Waals surface area contributed by atoms with Gasteiger partial charge in [0.1, 0.15) is 11.6 Å². The van der Waals surface area contributed by atoms with E-state index < -0.39 is 18.6 Å². The van der Waals surface area contributed by atoms with Gasteiger partial charge in [-0.1, -0.05) is 179 Å². The molecule has 1 N–H and O–H groups in total. The third kappa shape index (κ3) is 10.1. The number of imidazole rings is 1. The first-order valence-electron chi connectivity index (χ1n) is 27.9. The van der Waals surface area contributed by atoms with Crippen LogP contribution in [0, 0.1) is 19.8 Å². The molecule has 0 fully saturated rings. The van der Waals surface area contributed by atoms with E-state index in [0.717, 1.165) is 75.9 Å². The zero-order chi connectivity index (χ0) is 54.8. The Morgan fingerprint density at radius 3 is 1.89 bits per heavy atom. The van der Waals surface area contributed by atoms with Crippen LogP contribution >= 0.6 is 0 Å². The van der Waals surface area contributed by atoms with Crippen LogP contribution in [-0.2, 0) is 37.3 Å². The molecule has 0 atom stereocenters. The van der Waals surface area contributed by atoms with E-state index in [1.54, 1.807) is 39.8 Å². The minimum absolute atomic E-state index is 0. The van der Waals surface area contributed by atoms with Crippen molar-refractivity contribution in [3.05, 3.63) is 166 Å². The molecular weight excluding hydrogens is 1050 g/mol. The predicted molar refractivity (Wildman–Crippen MR) is 299 cm³/mol. The minimum atomic E-state index is -2.60. The molecule has 372 valence electrons. The van der Waals surface area contributed by atoms with Crippen LogP contribution in [0.3, 0.4) is 0 Å². The zero-order valence-corrected chi connectivity index (χ0v) is 46.8. The Labute approximate surface area is 447 Å². The van der Waals surface area contributed by atoms with E-state index in [2.05, 4.69) is 142 Å². The van der Waals surface area contributed by atoms with Gasteiger partial charge in [-0.2, -0.15) is 0 Å². The fourth-order valence-electron chi connectivity index (χ4n) is 10.0. The molecule has 0 saturated carbocycles. The molecule has 0 aliphatic carbocycles. The smallest absolute Gasteiger partial charge is 0.148 e. The molecule has 0 saturated heterocycles. The van der Waals surface area contributed by atoms with Crippen molar-refractivity contribution in [1.29, 1.82) is 0 Å². The molecule has 71 heavy (non-hydrogen) atoms. The number of phenols is 1. The summed E-state index contributed by atoms with van der Waals surface area (Å²) in [7, 11) is 0. The Morgan fingerprint density at radius 2 is 1.30 bits per heavy atom. The number of aromatic hydroxyl groups is 1. The van der Waals surface area contributed by atoms with Crippen LogP contribution in [0.5, 0.6) is 5.75 Å². The molecule has 0 spiro atoms. The first-order valence-corrected chi connectivity index (χ1v) is 25.4. The van der Waals surface area contributed by atoms with Crippen molar-refractivity contribution in [3.63, 3.8) is 0 Å². The van der Waals surface area contributed by atoms with Crippen LogP contribution in [0.4, 0.5) is 0 Å². The van der Waals surface area contributed by atoms with Gasteiger partial charge < -0.3 is 5.11 Å². The number of aromatic nitrogens is 3. The summed E-state index contributed by atoms with van der Waals surface area (Å²) in [6.07, 6.45) is 5.49. The molecule has 8 rings (SSSR count). The van der Waals surface area contributed by atoms with Gasteiger partial charge in [0.2, 0.25) is 0 Å². The van der Waals surface area contributed by atoms with Crippen molar-refractivity contribution in [2.75, 3.05) is 0 Å². The molecule has 5 heteroatoms. The average molecular weight is 1130 g/mol. The average Bonchev–Trinajstić information content (AvgIpc) is 3.76. The second-order valence-corrected chi connectivity index (χ2v) is 21.6. The zero-order valence-electron chi connectivity index (χ0n) is 49.5. The van der Waals surface area contributed by atoms with E-state index in [0.29, 0.717) is 39.2 Å². The van der Waals surface area contributed by atoms with Crippen molar-refractivity contribution in [1.82, 2.24) is 14.5 Å². The molecule has 4 nitrogen and oxygen atoms in total. The van der Waals surface area contributed by atoms with E-state index in [-0.39, 0.29) is 48.6 Å². The van der Waals surface area contributed by atoms with Gasteiger partial charge in [0, 0.05) is 39.8 Å². The number of para-hydroxylation sites is 1. The van der Waals surface area contributed by atoms with Crippen molar-refractivity contribution >= 4 is 11.0 Å². The summed E-state index contributed by atoms with van der Waals surface area (Å²) in [5.74, 6) is -2.24. The minimum Gasteiger partial charge on any atom is -0.507 e. The molecule has 6 aromatic carbocycles. The van der Waals surface area contributed by atoms with E-state index in [1.807, 2.05) is 47.2 Å². The maximum atomic E-state index is 12.5. The Morgan fingerprint density at radius 1 is 0.676 bits per heavy atom. The van der Waals surface area contributed by atoms with Gasteiger partial charge in [-0.15, -0.1) is 29.3 Å². The second kappa shape index (κ2) is 20.9. The van der Waals surface area contributed by atoms with Crippen LogP contribution in [0.2, 0.25) is 0 Å². The van der Waals surface area contributed by atoms with Crippen LogP contribution in [-0.4, -0.2) is 19.6 Å². The molecule has 0 radical (unpaired) electrons. The van der Waals surface area contributed by atoms with Crippen LogP contribution < -0.4 is 0 Å². The molecule has 8 aromatic rings. The first-order chi connectivity index (χ1) is 35.1. The quantitative estimate of drug-likeness (QED) is 0.110. The summed E-state index contributed by atoms with van der Waals surface area (Å²) < 4.78 is 48.5. The Balaban J connectivity index is 0.00000840. The van der Waals surface area contributed by atoms with E-state index >= 15 is 0 Å². The van der Waals surface area contributed by atoms with Gasteiger partial charge >= 0.3 is 0 Å². The molecular formula is C66H76N3OPt-. The van der Waals surface area contributed by atoms with Crippen LogP contribution in [0.1, 0.15) is 173 Å². The number of phenolic OH excluding ortho intramolecular Hbond substituents is 1. The van der Waals surface area contributed by atoms with E-state index in [9.17, 15) is 12.0 Å². The third-order valence-electron chi connectivity index (χ3n) is 15.6. The van der Waals surface area contributed by atoms with Crippen LogP contribution in [0.15, 0.2) is 121 Å². The van der Waals surface area contributed by atoms with Gasteiger partial charge in [-0.3, -0.25) is 9.55 Å². The topological polar surface area (TPSA) is 50.9 Å². The van der Waals surface area contributed by atoms with Gasteiger partial charge in [0.05, 0.1) is 22.3 Å². The number of pyridine rings is 1. The summed E-state index contributed by atoms with van der Waals surface area (Å²) in [4.78, 5) is 10.4. The SMILES string of the molecule is [2H]C([2H])([2H])c1cc(-c2c(C(C)(CC)CC)cccc2C(C)(CC)CC)ccc1-n1c(-c2cc(C([2H])(C)C)cc(C([2H])(C)C)c2O)nc2c(-c3[c-]c(-c4cc(-c5ccc(C)cc5)ccn4)cc(C(C)(C)C)c3)cccc21.[Pt]. The van der Waals surface area contributed by atoms with Crippen molar-refractivity contribution in [2.45, 2.75) is 158 Å². The number of hydrogen-bond acceptors (Lipinski definition) is 3. The number of nitrogens with zero attached hydrogens (tertiary/aromatic N) is 3. The Kier molecular flexibility index (Phi) is 13.7. The Bertz CT molecular complexity index is 3380. The maximum absolute atomic E-state index is 12.5. The maximum Gasteiger partial charge on any atom is 0.148 e. The van der Waals surface area contributed by atoms with Gasteiger partial charge in [-0.25, -0.2) is 4.98 Å². The van der Waals surface area contributed by atoms with Gasteiger partial charge in [-0.05, 0) is 148 Å². The summed E-state index contributed by atoms with van der Waals surface area (Å²) in [5, 5.41) is 12.5. The predicted octanol–water partition coefficient (Wildman–Crippen LogP) is 18.6. The van der Waals surface area contributed by atoms with E-state index in [4.69, 9.17) is 9.97 Å². The monoisotopic (exact) mass is 1130 g/mol. The van der Waals surface area contributed by atoms with Crippen molar-refractivity contribution in [2.24, 2.45) is 0 Å². The summed E-state index contributed by atoms with van der Waals surface area (Å²) in [6, 6.07) is 42.6. The number of rotatable bonds is 14. The Hall–Kier alpha value is -5.57. The number of benzene rings is 6. The molecule has 0 amide bonds. The summed E-state index contributed by atoms with van der Waals surface area (Å²) in [6.45, 7) is 26.6. The molecule has 2 aromatic heterocycles. The number of fused-ring (bicyclic) bond motifs is 1. The fraction of sp³-hybridized carbons (Fsp3) is 0.364. The normalized spacial score (nSPS) is 13.8. The van der Waals surface area contributed by atoms with Crippen LogP contribution in [0.25, 0.3) is 72.7 Å². The molecule has 0 aliphatic rings. The third-order valence-corrected chi connectivity index (χ3v) is 15.6. The largest absolute Gasteiger partial charge is 0.507 e. The number of hydrogen-bond donors (Lipinski definition) is 1. The van der Waals surface area contributed by atoms with Crippen molar-refractivity contribution in [3.8, 4) is 67.5 Å². The van der Waals surface area contributed by atoms with Crippen molar-refractivity contribution < 1.29 is 33.0 Å². The standard InChI is InChI=1S/C66H76N3O.Pt/c1-16-65(14,17-2)55-23-21-24-56(66(15,18-3)19-4)60(55)47-30-31-58(44(10)34-47)69-59-25-20-22-52(61(59)68-63(69)54-39-48(41(5)6)38-53(42(7)8)62(54)70)49-35-50(37-51(36-49)64(11,12)13)57-40-46(32-33-67-57)45-28-26-43(9)27-29-45;/h20-34,36-42,70H,16-19H2,1-15H3;/q-1;/i10D3,41D,42D;. The summed E-state index contributed by atoms with van der Waals surface area (Å²) >= 11 is 0. The molecule has 0 aliphatic heterocycles. The molecule has 2 heterocycles.